The van der Waals surface area contributed by atoms with Crippen LogP contribution >= 0.6 is 22.9 Å². The van der Waals surface area contributed by atoms with Crippen LogP contribution in [0.25, 0.3) is 0 Å². The van der Waals surface area contributed by atoms with Gasteiger partial charge in [0.2, 0.25) is 5.91 Å². The molecule has 0 saturated carbocycles. The predicted octanol–water partition coefficient (Wildman–Crippen LogP) is 1.83. The molecule has 0 aliphatic heterocycles. The van der Waals surface area contributed by atoms with Crippen LogP contribution in [0.4, 0.5) is 0 Å². The summed E-state index contributed by atoms with van der Waals surface area (Å²) in [6, 6.07) is 0. The van der Waals surface area contributed by atoms with E-state index in [9.17, 15) is 4.79 Å². The van der Waals surface area contributed by atoms with E-state index in [0.29, 0.717) is 12.4 Å². The number of hydrogen-bond donors (Lipinski definition) is 0. The van der Waals surface area contributed by atoms with E-state index in [1.54, 1.807) is 30.3 Å². The standard InChI is InChI=1S/C12H20ClN3OS/c1-15(2)12(17)8-16(3)6-4-5-11-14-10(7-13)9-18-11/h9H,4-8H2,1-3H3. The third-order valence-electron chi connectivity index (χ3n) is 2.57. The Morgan fingerprint density at radius 1 is 1.44 bits per heavy atom. The van der Waals surface area contributed by atoms with Crippen LogP contribution in [0, 0.1) is 0 Å². The summed E-state index contributed by atoms with van der Waals surface area (Å²) < 4.78 is 0. The molecule has 1 aromatic heterocycles. The van der Waals surface area contributed by atoms with Gasteiger partial charge < -0.3 is 4.90 Å². The fourth-order valence-corrected chi connectivity index (χ4v) is 2.55. The molecule has 1 amide bonds. The largest absolute Gasteiger partial charge is 0.348 e. The highest BCUT2D eigenvalue weighted by Gasteiger charge is 2.08. The molecule has 0 radical (unpaired) electrons. The van der Waals surface area contributed by atoms with E-state index in [0.717, 1.165) is 30.1 Å². The van der Waals surface area contributed by atoms with Crippen molar-refractivity contribution < 1.29 is 4.79 Å². The Labute approximate surface area is 118 Å². The second kappa shape index (κ2) is 7.71. The van der Waals surface area contributed by atoms with Crippen molar-refractivity contribution in [2.75, 3.05) is 34.2 Å². The molecule has 0 atom stereocenters. The van der Waals surface area contributed by atoms with Gasteiger partial charge in [-0.2, -0.15) is 0 Å². The summed E-state index contributed by atoms with van der Waals surface area (Å²) in [5, 5.41) is 3.12. The zero-order chi connectivity index (χ0) is 13.5. The van der Waals surface area contributed by atoms with Gasteiger partial charge in [0.15, 0.2) is 0 Å². The topological polar surface area (TPSA) is 36.4 Å². The van der Waals surface area contributed by atoms with Crippen molar-refractivity contribution in [3.8, 4) is 0 Å². The molecule has 0 unspecified atom stereocenters. The predicted molar refractivity (Wildman–Crippen MR) is 76.2 cm³/mol. The molecule has 1 heterocycles. The molecule has 0 aliphatic carbocycles. The van der Waals surface area contributed by atoms with Crippen molar-refractivity contribution in [1.29, 1.82) is 0 Å². The summed E-state index contributed by atoms with van der Waals surface area (Å²) in [6.45, 7) is 1.37. The molecule has 0 fully saturated rings. The maximum atomic E-state index is 11.5. The molecule has 4 nitrogen and oxygen atoms in total. The fourth-order valence-electron chi connectivity index (χ4n) is 1.48. The average molecular weight is 290 g/mol. The van der Waals surface area contributed by atoms with Gasteiger partial charge in [-0.3, -0.25) is 9.69 Å². The molecule has 6 heteroatoms. The summed E-state index contributed by atoms with van der Waals surface area (Å²) in [7, 11) is 5.52. The Balaban J connectivity index is 2.22. The molecule has 0 aliphatic rings. The zero-order valence-corrected chi connectivity index (χ0v) is 12.7. The lowest BCUT2D eigenvalue weighted by atomic mass is 10.3. The second-order valence-corrected chi connectivity index (χ2v) is 5.71. The summed E-state index contributed by atoms with van der Waals surface area (Å²) in [5.74, 6) is 0.615. The number of hydrogen-bond acceptors (Lipinski definition) is 4. The number of likely N-dealkylation sites (N-methyl/N-ethyl adjacent to an activating group) is 2. The van der Waals surface area contributed by atoms with Crippen molar-refractivity contribution in [3.05, 3.63) is 16.1 Å². The summed E-state index contributed by atoms with van der Waals surface area (Å²) in [5.41, 5.74) is 0.952. The molecule has 1 aromatic rings. The van der Waals surface area contributed by atoms with Gasteiger partial charge in [-0.05, 0) is 20.0 Å². The van der Waals surface area contributed by atoms with Gasteiger partial charge in [0, 0.05) is 25.9 Å². The highest BCUT2D eigenvalue weighted by Crippen LogP contribution is 2.13. The lowest BCUT2D eigenvalue weighted by molar-refractivity contribution is -0.129. The van der Waals surface area contributed by atoms with Gasteiger partial charge in [-0.25, -0.2) is 4.98 Å². The molecule has 18 heavy (non-hydrogen) atoms. The number of alkyl halides is 1. The smallest absolute Gasteiger partial charge is 0.236 e. The molecule has 0 bridgehead atoms. The third-order valence-corrected chi connectivity index (χ3v) is 3.80. The molecular weight excluding hydrogens is 270 g/mol. The average Bonchev–Trinajstić information content (AvgIpc) is 2.76. The molecular formula is C12H20ClN3OS. The summed E-state index contributed by atoms with van der Waals surface area (Å²) >= 11 is 7.36. The quantitative estimate of drug-likeness (QED) is 0.719. The first kappa shape index (κ1) is 15.4. The minimum atomic E-state index is 0.135. The van der Waals surface area contributed by atoms with Crippen LogP contribution in [0.15, 0.2) is 5.38 Å². The normalized spacial score (nSPS) is 10.9. The first-order chi connectivity index (χ1) is 8.52. The highest BCUT2D eigenvalue weighted by atomic mass is 35.5. The van der Waals surface area contributed by atoms with Crippen molar-refractivity contribution in [3.63, 3.8) is 0 Å². The molecule has 0 spiro atoms. The Morgan fingerprint density at radius 3 is 2.72 bits per heavy atom. The second-order valence-electron chi connectivity index (χ2n) is 4.50. The van der Waals surface area contributed by atoms with E-state index in [-0.39, 0.29) is 5.91 Å². The first-order valence-corrected chi connectivity index (χ1v) is 7.32. The van der Waals surface area contributed by atoms with E-state index in [2.05, 4.69) is 4.98 Å². The van der Waals surface area contributed by atoms with E-state index >= 15 is 0 Å². The first-order valence-electron chi connectivity index (χ1n) is 5.91. The summed E-state index contributed by atoms with van der Waals surface area (Å²) in [4.78, 5) is 19.6. The fraction of sp³-hybridized carbons (Fsp3) is 0.667. The van der Waals surface area contributed by atoms with E-state index in [1.807, 2.05) is 17.3 Å². The van der Waals surface area contributed by atoms with Gasteiger partial charge in [0.1, 0.15) is 0 Å². The molecule has 0 N–H and O–H groups in total. The van der Waals surface area contributed by atoms with Crippen LogP contribution in [0.5, 0.6) is 0 Å². The molecule has 1 rings (SSSR count). The van der Waals surface area contributed by atoms with Gasteiger partial charge in [-0.15, -0.1) is 22.9 Å². The van der Waals surface area contributed by atoms with E-state index in [4.69, 9.17) is 11.6 Å². The number of halogens is 1. The monoisotopic (exact) mass is 289 g/mol. The van der Waals surface area contributed by atoms with Crippen molar-refractivity contribution in [1.82, 2.24) is 14.8 Å². The van der Waals surface area contributed by atoms with Crippen LogP contribution in [0.1, 0.15) is 17.1 Å². The van der Waals surface area contributed by atoms with Crippen LogP contribution < -0.4 is 0 Å². The van der Waals surface area contributed by atoms with Crippen molar-refractivity contribution >= 4 is 28.8 Å². The Hall–Kier alpha value is -0.650. The Kier molecular flexibility index (Phi) is 6.60. The van der Waals surface area contributed by atoms with Gasteiger partial charge >= 0.3 is 0 Å². The van der Waals surface area contributed by atoms with Gasteiger partial charge in [-0.1, -0.05) is 0 Å². The number of amides is 1. The number of rotatable bonds is 7. The van der Waals surface area contributed by atoms with Crippen molar-refractivity contribution in [2.45, 2.75) is 18.7 Å². The van der Waals surface area contributed by atoms with Crippen LogP contribution in [-0.4, -0.2) is 54.9 Å². The van der Waals surface area contributed by atoms with E-state index < -0.39 is 0 Å². The number of nitrogens with zero attached hydrogens (tertiary/aromatic N) is 3. The van der Waals surface area contributed by atoms with Gasteiger partial charge in [0.05, 0.1) is 23.1 Å². The van der Waals surface area contributed by atoms with Crippen LogP contribution in [-0.2, 0) is 17.1 Å². The summed E-state index contributed by atoms with van der Waals surface area (Å²) in [6.07, 6.45) is 1.95. The number of aromatic nitrogens is 1. The van der Waals surface area contributed by atoms with Crippen LogP contribution in [0.3, 0.4) is 0 Å². The van der Waals surface area contributed by atoms with E-state index in [1.165, 1.54) is 0 Å². The lowest BCUT2D eigenvalue weighted by Gasteiger charge is -2.18. The minimum absolute atomic E-state index is 0.135. The maximum Gasteiger partial charge on any atom is 0.236 e. The Bertz CT molecular complexity index is 381. The third kappa shape index (κ3) is 5.33. The van der Waals surface area contributed by atoms with Crippen LogP contribution in [0.2, 0.25) is 0 Å². The molecule has 0 saturated heterocycles. The zero-order valence-electron chi connectivity index (χ0n) is 11.1. The maximum absolute atomic E-state index is 11.5. The lowest BCUT2D eigenvalue weighted by Crippen LogP contribution is -2.34. The highest BCUT2D eigenvalue weighted by molar-refractivity contribution is 7.09. The number of carbonyl (C=O) groups is 1. The number of thiazole rings is 1. The number of carbonyl (C=O) groups excluding carboxylic acids is 1. The van der Waals surface area contributed by atoms with Gasteiger partial charge in [0.25, 0.3) is 0 Å². The Morgan fingerprint density at radius 2 is 2.17 bits per heavy atom. The van der Waals surface area contributed by atoms with Crippen molar-refractivity contribution in [2.24, 2.45) is 0 Å². The SMILES string of the molecule is CN(CCCc1nc(CCl)cs1)CC(=O)N(C)C. The molecule has 102 valence electrons. The number of aryl methyl sites for hydroxylation is 1. The minimum Gasteiger partial charge on any atom is -0.348 e. The molecule has 0 aromatic carbocycles.